The number of rotatable bonds is 2. The molecule has 0 radical (unpaired) electrons. The number of hydrogen-bond acceptors (Lipinski definition) is 3. The predicted molar refractivity (Wildman–Crippen MR) is 59.9 cm³/mol. The Kier molecular flexibility index (Phi) is 2.46. The predicted octanol–water partition coefficient (Wildman–Crippen LogP) is 2.77. The van der Waals surface area contributed by atoms with Crippen LogP contribution in [0.5, 0.6) is 11.5 Å². The number of halogens is 1. The highest BCUT2D eigenvalue weighted by atomic mass is 79.9. The van der Waals surface area contributed by atoms with E-state index in [-0.39, 0.29) is 12.6 Å². The van der Waals surface area contributed by atoms with Crippen LogP contribution in [0.1, 0.15) is 24.2 Å². The second-order valence-electron chi connectivity index (χ2n) is 3.87. The number of fused-ring (bicyclic) bond motifs is 1. The van der Waals surface area contributed by atoms with Crippen molar-refractivity contribution in [2.75, 3.05) is 6.79 Å². The Bertz CT molecular complexity index is 407. The molecule has 1 heterocycles. The maximum absolute atomic E-state index is 11.9. The van der Waals surface area contributed by atoms with Gasteiger partial charge in [-0.25, -0.2) is 0 Å². The first-order valence-electron chi connectivity index (χ1n) is 4.62. The van der Waals surface area contributed by atoms with Crippen molar-refractivity contribution >= 4 is 21.7 Å². The van der Waals surface area contributed by atoms with Crippen molar-refractivity contribution < 1.29 is 14.3 Å². The van der Waals surface area contributed by atoms with Crippen LogP contribution < -0.4 is 9.47 Å². The molecule has 0 aromatic heterocycles. The lowest BCUT2D eigenvalue weighted by molar-refractivity contribution is 0.0960. The van der Waals surface area contributed by atoms with Gasteiger partial charge in [0.05, 0.1) is 4.32 Å². The minimum Gasteiger partial charge on any atom is -0.454 e. The van der Waals surface area contributed by atoms with Crippen molar-refractivity contribution in [1.82, 2.24) is 0 Å². The Hall–Kier alpha value is -1.03. The molecule has 0 amide bonds. The van der Waals surface area contributed by atoms with Gasteiger partial charge in [-0.3, -0.25) is 4.79 Å². The van der Waals surface area contributed by atoms with Gasteiger partial charge in [-0.2, -0.15) is 0 Å². The number of benzene rings is 1. The number of carbonyl (C=O) groups excluding carboxylic acids is 1. The Labute approximate surface area is 96.5 Å². The molecule has 0 N–H and O–H groups in total. The molecule has 0 bridgehead atoms. The summed E-state index contributed by atoms with van der Waals surface area (Å²) in [5.41, 5.74) is 0.626. The highest BCUT2D eigenvalue weighted by Gasteiger charge is 2.26. The Morgan fingerprint density at radius 1 is 1.33 bits per heavy atom. The van der Waals surface area contributed by atoms with Crippen molar-refractivity contribution in [3.63, 3.8) is 0 Å². The van der Waals surface area contributed by atoms with Crippen molar-refractivity contribution in [2.45, 2.75) is 18.2 Å². The molecule has 15 heavy (non-hydrogen) atoms. The SMILES string of the molecule is CC(C)(Br)C(=O)c1ccc2c(c1)OCO2. The van der Waals surface area contributed by atoms with E-state index in [0.717, 1.165) is 0 Å². The highest BCUT2D eigenvalue weighted by Crippen LogP contribution is 2.34. The lowest BCUT2D eigenvalue weighted by atomic mass is 10.0. The number of alkyl halides is 1. The number of Topliss-reactive ketones (excluding diaryl/α,β-unsaturated/α-hetero) is 1. The third-order valence-electron chi connectivity index (χ3n) is 2.17. The number of ether oxygens (including phenoxy) is 2. The summed E-state index contributed by atoms with van der Waals surface area (Å²) in [7, 11) is 0. The van der Waals surface area contributed by atoms with Gasteiger partial charge in [0.2, 0.25) is 6.79 Å². The van der Waals surface area contributed by atoms with E-state index >= 15 is 0 Å². The van der Waals surface area contributed by atoms with E-state index in [1.807, 2.05) is 13.8 Å². The van der Waals surface area contributed by atoms with Crippen molar-refractivity contribution in [2.24, 2.45) is 0 Å². The largest absolute Gasteiger partial charge is 0.454 e. The average Bonchev–Trinajstić information content (AvgIpc) is 2.61. The fraction of sp³-hybridized carbons (Fsp3) is 0.364. The normalized spacial score (nSPS) is 14.1. The fourth-order valence-corrected chi connectivity index (χ4v) is 1.61. The van der Waals surface area contributed by atoms with Gasteiger partial charge in [-0.05, 0) is 32.0 Å². The average molecular weight is 271 g/mol. The molecular weight excluding hydrogens is 260 g/mol. The van der Waals surface area contributed by atoms with E-state index in [1.165, 1.54) is 0 Å². The van der Waals surface area contributed by atoms with E-state index in [1.54, 1.807) is 18.2 Å². The van der Waals surface area contributed by atoms with Gasteiger partial charge in [-0.15, -0.1) is 0 Å². The molecular formula is C11H11BrO3. The Balaban J connectivity index is 2.35. The topological polar surface area (TPSA) is 35.5 Å². The quantitative estimate of drug-likeness (QED) is 0.613. The molecule has 0 saturated carbocycles. The van der Waals surface area contributed by atoms with Gasteiger partial charge in [0.25, 0.3) is 0 Å². The number of hydrogen-bond donors (Lipinski definition) is 0. The second kappa shape index (κ2) is 3.52. The van der Waals surface area contributed by atoms with Gasteiger partial charge in [0.15, 0.2) is 17.3 Å². The van der Waals surface area contributed by atoms with Crippen LogP contribution in [-0.4, -0.2) is 16.9 Å². The molecule has 0 spiro atoms. The lowest BCUT2D eigenvalue weighted by Crippen LogP contribution is -2.23. The minimum atomic E-state index is -0.555. The third kappa shape index (κ3) is 2.00. The molecule has 0 atom stereocenters. The molecule has 0 fully saturated rings. The molecule has 0 saturated heterocycles. The first-order chi connectivity index (χ1) is 6.98. The summed E-state index contributed by atoms with van der Waals surface area (Å²) in [4.78, 5) is 11.9. The maximum atomic E-state index is 11.9. The second-order valence-corrected chi connectivity index (χ2v) is 5.85. The molecule has 0 unspecified atom stereocenters. The summed E-state index contributed by atoms with van der Waals surface area (Å²) in [6.07, 6.45) is 0. The van der Waals surface area contributed by atoms with Crippen LogP contribution in [0.4, 0.5) is 0 Å². The van der Waals surface area contributed by atoms with Crippen LogP contribution in [0.3, 0.4) is 0 Å². The van der Waals surface area contributed by atoms with Crippen LogP contribution in [-0.2, 0) is 0 Å². The molecule has 1 aliphatic heterocycles. The van der Waals surface area contributed by atoms with Crippen LogP contribution in [0, 0.1) is 0 Å². The van der Waals surface area contributed by atoms with Crippen LogP contribution in [0.25, 0.3) is 0 Å². The van der Waals surface area contributed by atoms with Gasteiger partial charge in [0, 0.05) is 5.56 Å². The maximum Gasteiger partial charge on any atom is 0.231 e. The fourth-order valence-electron chi connectivity index (χ4n) is 1.38. The Morgan fingerprint density at radius 2 is 2.00 bits per heavy atom. The Morgan fingerprint density at radius 3 is 2.67 bits per heavy atom. The lowest BCUT2D eigenvalue weighted by Gasteiger charge is -2.14. The standard InChI is InChI=1S/C11H11BrO3/c1-11(2,12)10(13)7-3-4-8-9(5-7)15-6-14-8/h3-5H,6H2,1-2H3. The summed E-state index contributed by atoms with van der Waals surface area (Å²) < 4.78 is 9.83. The van der Waals surface area contributed by atoms with Crippen molar-refractivity contribution in [1.29, 1.82) is 0 Å². The summed E-state index contributed by atoms with van der Waals surface area (Å²) >= 11 is 3.34. The smallest absolute Gasteiger partial charge is 0.231 e. The molecule has 1 aromatic rings. The summed E-state index contributed by atoms with van der Waals surface area (Å²) in [6, 6.07) is 5.22. The van der Waals surface area contributed by atoms with Gasteiger partial charge in [-0.1, -0.05) is 15.9 Å². The van der Waals surface area contributed by atoms with Gasteiger partial charge < -0.3 is 9.47 Å². The van der Waals surface area contributed by atoms with E-state index in [9.17, 15) is 4.79 Å². The zero-order valence-corrected chi connectivity index (χ0v) is 10.1. The summed E-state index contributed by atoms with van der Waals surface area (Å²) in [5.74, 6) is 1.36. The van der Waals surface area contributed by atoms with E-state index in [4.69, 9.17) is 9.47 Å². The van der Waals surface area contributed by atoms with Crippen LogP contribution in [0.15, 0.2) is 18.2 Å². The molecule has 2 rings (SSSR count). The van der Waals surface area contributed by atoms with Crippen LogP contribution in [0.2, 0.25) is 0 Å². The van der Waals surface area contributed by atoms with Gasteiger partial charge >= 0.3 is 0 Å². The number of ketones is 1. The third-order valence-corrected chi connectivity index (χ3v) is 2.53. The highest BCUT2D eigenvalue weighted by molar-refractivity contribution is 9.10. The zero-order valence-electron chi connectivity index (χ0n) is 8.54. The van der Waals surface area contributed by atoms with Crippen LogP contribution >= 0.6 is 15.9 Å². The monoisotopic (exact) mass is 270 g/mol. The number of carbonyl (C=O) groups is 1. The first kappa shape index (κ1) is 10.5. The molecule has 1 aliphatic rings. The summed E-state index contributed by atoms with van der Waals surface area (Å²) in [6.45, 7) is 3.87. The first-order valence-corrected chi connectivity index (χ1v) is 5.41. The molecule has 0 aliphatic carbocycles. The summed E-state index contributed by atoms with van der Waals surface area (Å²) in [5, 5.41) is 0. The van der Waals surface area contributed by atoms with Gasteiger partial charge in [0.1, 0.15) is 0 Å². The molecule has 4 heteroatoms. The zero-order chi connectivity index (χ0) is 11.1. The molecule has 80 valence electrons. The van der Waals surface area contributed by atoms with Crippen molar-refractivity contribution in [3.8, 4) is 11.5 Å². The molecule has 1 aromatic carbocycles. The minimum absolute atomic E-state index is 0.0285. The van der Waals surface area contributed by atoms with E-state index < -0.39 is 4.32 Å². The van der Waals surface area contributed by atoms with Crippen molar-refractivity contribution in [3.05, 3.63) is 23.8 Å². The van der Waals surface area contributed by atoms with E-state index in [2.05, 4.69) is 15.9 Å². The molecule has 3 nitrogen and oxygen atoms in total. The van der Waals surface area contributed by atoms with E-state index in [0.29, 0.717) is 17.1 Å².